The highest BCUT2D eigenvalue weighted by Gasteiger charge is 2.43. The van der Waals surface area contributed by atoms with Gasteiger partial charge in [0.1, 0.15) is 23.3 Å². The van der Waals surface area contributed by atoms with Crippen LogP contribution < -0.4 is 27.0 Å². The SMILES string of the molecule is CC(C)(C)c1cc(-c2cc3c(c(-c4c(-c5ccccc5F)cccc4-c4ccccc4F)c2)Nc2cc(-n4c5ccccc5c5cc(C(C)(C)C)ccc54)cc4c2B3c2cc(-c3cc(C(C)(C)C)cc(C(C)(C)C)c3)cc(-c3c(-c5ccccc5F)cccc3-c3ccccc3F)c2N4)cc(C(C)(C)C)c1. The molecule has 0 atom stereocenters. The van der Waals surface area contributed by atoms with Gasteiger partial charge in [0.15, 0.2) is 0 Å². The molecule has 1 aromatic heterocycles. The first-order chi connectivity index (χ1) is 50.4. The van der Waals surface area contributed by atoms with Crippen LogP contribution in [0.2, 0.25) is 0 Å². The number of nitrogens with zero attached hydrogens (tertiary/aromatic N) is 1. The Balaban J connectivity index is 1.12. The highest BCUT2D eigenvalue weighted by atomic mass is 19.1. The maximum atomic E-state index is 17.3. The van der Waals surface area contributed by atoms with Crippen LogP contribution in [0.5, 0.6) is 0 Å². The van der Waals surface area contributed by atoms with Crippen molar-refractivity contribution in [3.63, 3.8) is 0 Å². The van der Waals surface area contributed by atoms with Crippen molar-refractivity contribution >= 4 is 67.7 Å². The molecule has 13 aromatic carbocycles. The predicted molar refractivity (Wildman–Crippen MR) is 442 cm³/mol. The molecule has 0 spiro atoms. The fraction of sp³-hybridized carbons (Fsp3) is 0.204. The van der Waals surface area contributed by atoms with Gasteiger partial charge < -0.3 is 15.2 Å². The molecule has 526 valence electrons. The van der Waals surface area contributed by atoms with E-state index in [1.54, 1.807) is 24.3 Å². The van der Waals surface area contributed by atoms with E-state index >= 15 is 17.6 Å². The van der Waals surface area contributed by atoms with Gasteiger partial charge >= 0.3 is 0 Å². The van der Waals surface area contributed by atoms with Crippen LogP contribution in [-0.2, 0) is 27.1 Å². The summed E-state index contributed by atoms with van der Waals surface area (Å²) in [5, 5.41) is 10.7. The Labute approximate surface area is 622 Å². The Hall–Kier alpha value is -11.0. The maximum Gasteiger partial charge on any atom is 0.252 e. The summed E-state index contributed by atoms with van der Waals surface area (Å²) >= 11 is 0. The molecular weight excluding hydrogens is 1310 g/mol. The molecule has 3 heterocycles. The van der Waals surface area contributed by atoms with E-state index in [-0.39, 0.29) is 27.1 Å². The van der Waals surface area contributed by atoms with Gasteiger partial charge in [-0.05, 0) is 194 Å². The van der Waals surface area contributed by atoms with E-state index in [1.807, 2.05) is 84.9 Å². The molecule has 2 N–H and O–H groups in total. The van der Waals surface area contributed by atoms with Gasteiger partial charge in [-0.15, -0.1) is 0 Å². The predicted octanol–water partition coefficient (Wildman–Crippen LogP) is 25.8. The first-order valence-corrected chi connectivity index (χ1v) is 37.1. The van der Waals surface area contributed by atoms with Crippen LogP contribution in [0, 0.1) is 23.3 Å². The third kappa shape index (κ3) is 12.1. The highest BCUT2D eigenvalue weighted by molar-refractivity contribution is 7.00. The molecule has 0 amide bonds. The number of halogens is 4. The summed E-state index contributed by atoms with van der Waals surface area (Å²) in [5.41, 5.74) is 24.0. The van der Waals surface area contributed by atoms with Gasteiger partial charge in [0.2, 0.25) is 0 Å². The second kappa shape index (κ2) is 25.4. The van der Waals surface area contributed by atoms with Gasteiger partial charge in [0.05, 0.1) is 16.7 Å². The van der Waals surface area contributed by atoms with Crippen molar-refractivity contribution in [3.8, 4) is 94.7 Å². The number of nitrogens with one attached hydrogen (secondary N) is 2. The van der Waals surface area contributed by atoms with E-state index in [2.05, 4.69) is 234 Å². The minimum atomic E-state index is -0.604. The Morgan fingerprint density at radius 3 is 0.953 bits per heavy atom. The number of aromatic nitrogens is 1. The first kappa shape index (κ1) is 69.4. The number of benzene rings is 13. The van der Waals surface area contributed by atoms with Gasteiger partial charge in [0, 0.05) is 66.9 Å². The van der Waals surface area contributed by atoms with Gasteiger partial charge in [-0.3, -0.25) is 0 Å². The molecule has 14 aromatic rings. The molecule has 8 heteroatoms. The fourth-order valence-corrected chi connectivity index (χ4v) is 16.2. The van der Waals surface area contributed by atoms with Crippen molar-refractivity contribution in [1.29, 1.82) is 0 Å². The molecule has 0 bridgehead atoms. The number of hydrogen-bond acceptors (Lipinski definition) is 2. The number of fused-ring (bicyclic) bond motifs is 7. The van der Waals surface area contributed by atoms with Gasteiger partial charge in [-0.25, -0.2) is 17.6 Å². The Morgan fingerprint density at radius 1 is 0.274 bits per heavy atom. The number of rotatable bonds is 9. The monoisotopic (exact) mass is 1390 g/mol. The molecule has 106 heavy (non-hydrogen) atoms. The minimum absolute atomic E-state index is 0.130. The van der Waals surface area contributed by atoms with Crippen LogP contribution in [0.15, 0.2) is 249 Å². The quantitative estimate of drug-likeness (QED) is 0.111. The van der Waals surface area contributed by atoms with Crippen LogP contribution in [0.1, 0.15) is 132 Å². The zero-order valence-corrected chi connectivity index (χ0v) is 63.2. The van der Waals surface area contributed by atoms with Crippen molar-refractivity contribution in [2.75, 3.05) is 10.6 Å². The molecule has 2 aliphatic rings. The second-order valence-corrected chi connectivity index (χ2v) is 34.4. The summed E-state index contributed by atoms with van der Waals surface area (Å²) in [7, 11) is 0. The van der Waals surface area contributed by atoms with E-state index in [9.17, 15) is 0 Å². The first-order valence-electron chi connectivity index (χ1n) is 37.1. The smallest absolute Gasteiger partial charge is 0.252 e. The van der Waals surface area contributed by atoms with E-state index in [1.165, 1.54) is 52.1 Å². The van der Waals surface area contributed by atoms with Crippen LogP contribution in [0.25, 0.3) is 117 Å². The standard InChI is InChI=1S/C98H88BF4N3/c1-94(2,3)61-42-43-88-76(54-61)71-32-20-25-41-87(71)106(88)66-55-85-91-86(56-66)105-93-78(90-74(69-30-18-23-39-83(69)102)35-27-36-75(90)70-31-19-24-40-84(70)103)49-60(58-46-64(97(10,11)12)53-65(47-58)98(13,14)15)51-80(93)99(91)79-50-59(57-44-62(95(4,5)6)52-63(45-57)96(7,8)9)48-77(92(79)104-85)89-72(67-28-16-21-37-81(67)100)33-26-34-73(89)68-29-17-22-38-82(68)101/h16-56,104-105H,1-15H3. The summed E-state index contributed by atoms with van der Waals surface area (Å²) in [6.07, 6.45) is 0. The fourth-order valence-electron chi connectivity index (χ4n) is 16.2. The van der Waals surface area contributed by atoms with Crippen LogP contribution >= 0.6 is 0 Å². The zero-order valence-electron chi connectivity index (χ0n) is 63.2. The number of para-hydroxylation sites is 1. The lowest BCUT2D eigenvalue weighted by molar-refractivity contribution is 0.568. The van der Waals surface area contributed by atoms with Crippen LogP contribution in [-0.4, -0.2) is 11.3 Å². The van der Waals surface area contributed by atoms with Gasteiger partial charge in [0.25, 0.3) is 6.71 Å². The zero-order chi connectivity index (χ0) is 74.4. The van der Waals surface area contributed by atoms with E-state index in [4.69, 9.17) is 0 Å². The highest BCUT2D eigenvalue weighted by Crippen LogP contribution is 2.52. The third-order valence-corrected chi connectivity index (χ3v) is 22.0. The van der Waals surface area contributed by atoms with Crippen molar-refractivity contribution in [2.45, 2.75) is 131 Å². The molecule has 2 aliphatic heterocycles. The average Bonchev–Trinajstić information content (AvgIpc) is 1.51. The molecule has 16 rings (SSSR count). The second-order valence-electron chi connectivity index (χ2n) is 34.4. The van der Waals surface area contributed by atoms with Crippen molar-refractivity contribution in [2.24, 2.45) is 0 Å². The summed E-state index contributed by atoms with van der Waals surface area (Å²) in [6, 6.07) is 82.4. The molecule has 0 radical (unpaired) electrons. The minimum Gasteiger partial charge on any atom is -0.356 e. The van der Waals surface area contributed by atoms with Crippen LogP contribution in [0.3, 0.4) is 0 Å². The molecule has 0 fully saturated rings. The summed E-state index contributed by atoms with van der Waals surface area (Å²) in [6.45, 7) is 33.2. The lowest BCUT2D eigenvalue weighted by atomic mass is 9.33. The molecule has 0 saturated carbocycles. The molecular formula is C98H88BF4N3. The van der Waals surface area contributed by atoms with Crippen molar-refractivity contribution < 1.29 is 17.6 Å². The number of anilines is 4. The summed E-state index contributed by atoms with van der Waals surface area (Å²) < 4.78 is 71.6. The molecule has 3 nitrogen and oxygen atoms in total. The summed E-state index contributed by atoms with van der Waals surface area (Å²) in [5.74, 6) is -1.65. The molecule has 0 aliphatic carbocycles. The van der Waals surface area contributed by atoms with Crippen LogP contribution in [0.4, 0.5) is 40.3 Å². The van der Waals surface area contributed by atoms with E-state index in [0.717, 1.165) is 100 Å². The van der Waals surface area contributed by atoms with Crippen molar-refractivity contribution in [1.82, 2.24) is 4.57 Å². The van der Waals surface area contributed by atoms with E-state index < -0.39 is 30.0 Å². The largest absolute Gasteiger partial charge is 0.356 e. The molecule has 0 unspecified atom stereocenters. The molecule has 0 saturated heterocycles. The average molecular weight is 1390 g/mol. The van der Waals surface area contributed by atoms with Gasteiger partial charge in [-0.1, -0.05) is 286 Å². The van der Waals surface area contributed by atoms with Gasteiger partial charge in [-0.2, -0.15) is 0 Å². The third-order valence-electron chi connectivity index (χ3n) is 22.0. The van der Waals surface area contributed by atoms with E-state index in [0.29, 0.717) is 55.6 Å². The number of hydrogen-bond donors (Lipinski definition) is 2. The topological polar surface area (TPSA) is 29.0 Å². The lowest BCUT2D eigenvalue weighted by Gasteiger charge is -2.38. The Bertz CT molecular complexity index is 5450. The Morgan fingerprint density at radius 2 is 0.594 bits per heavy atom. The lowest BCUT2D eigenvalue weighted by Crippen LogP contribution is -2.59. The normalized spacial score (nSPS) is 13.0. The Kier molecular flexibility index (Phi) is 16.6. The summed E-state index contributed by atoms with van der Waals surface area (Å²) in [4.78, 5) is 0. The van der Waals surface area contributed by atoms with Crippen molar-refractivity contribution in [3.05, 3.63) is 300 Å². The maximum absolute atomic E-state index is 17.3.